The molecule has 0 fully saturated rings. The summed E-state index contributed by atoms with van der Waals surface area (Å²) in [4.78, 5) is 4.36. The smallest absolute Gasteiger partial charge is 0.161 e. The SMILES string of the molecule is COc1cc(Br)c(CNC(C)c2ccccn2)cc1OC.Cl. The van der Waals surface area contributed by atoms with Crippen LogP contribution in [0.15, 0.2) is 41.0 Å². The minimum Gasteiger partial charge on any atom is -0.493 e. The van der Waals surface area contributed by atoms with Gasteiger partial charge in [-0.25, -0.2) is 0 Å². The maximum atomic E-state index is 5.34. The monoisotopic (exact) mass is 386 g/mol. The molecule has 0 bridgehead atoms. The second-order valence-corrected chi connectivity index (χ2v) is 5.51. The maximum absolute atomic E-state index is 5.34. The number of nitrogens with one attached hydrogen (secondary N) is 1. The molecule has 1 heterocycles. The summed E-state index contributed by atoms with van der Waals surface area (Å²) in [5.41, 5.74) is 2.13. The van der Waals surface area contributed by atoms with Crippen molar-refractivity contribution in [3.63, 3.8) is 0 Å². The predicted molar refractivity (Wildman–Crippen MR) is 94.0 cm³/mol. The minimum absolute atomic E-state index is 0. The Morgan fingerprint density at radius 2 is 1.86 bits per heavy atom. The average molecular weight is 388 g/mol. The van der Waals surface area contributed by atoms with Crippen LogP contribution < -0.4 is 14.8 Å². The standard InChI is InChI=1S/C16H19BrN2O2.ClH/c1-11(14-6-4-5-7-18-14)19-10-12-8-15(20-2)16(21-3)9-13(12)17;/h4-9,11,19H,10H2,1-3H3;1H. The van der Waals surface area contributed by atoms with Gasteiger partial charge in [0.1, 0.15) is 0 Å². The number of methoxy groups -OCH3 is 2. The highest BCUT2D eigenvalue weighted by molar-refractivity contribution is 9.10. The molecule has 1 aromatic heterocycles. The zero-order valence-corrected chi connectivity index (χ0v) is 15.2. The van der Waals surface area contributed by atoms with Gasteiger partial charge in [0.2, 0.25) is 0 Å². The van der Waals surface area contributed by atoms with Crippen LogP contribution in [0.3, 0.4) is 0 Å². The summed E-state index contributed by atoms with van der Waals surface area (Å²) in [6.45, 7) is 2.80. The summed E-state index contributed by atoms with van der Waals surface area (Å²) in [5, 5.41) is 3.46. The highest BCUT2D eigenvalue weighted by Crippen LogP contribution is 2.33. The Morgan fingerprint density at radius 3 is 2.45 bits per heavy atom. The van der Waals surface area contributed by atoms with E-state index in [4.69, 9.17) is 9.47 Å². The molecule has 120 valence electrons. The molecule has 2 rings (SSSR count). The summed E-state index contributed by atoms with van der Waals surface area (Å²) in [6.07, 6.45) is 1.81. The van der Waals surface area contributed by atoms with E-state index in [1.165, 1.54) is 0 Å². The summed E-state index contributed by atoms with van der Waals surface area (Å²) < 4.78 is 11.6. The Hall–Kier alpha value is -1.30. The van der Waals surface area contributed by atoms with Gasteiger partial charge in [-0.05, 0) is 36.8 Å². The molecule has 0 aliphatic carbocycles. The molecule has 0 aliphatic rings. The van der Waals surface area contributed by atoms with E-state index in [-0.39, 0.29) is 18.4 Å². The molecule has 0 aliphatic heterocycles. The number of nitrogens with zero attached hydrogens (tertiary/aromatic N) is 1. The second kappa shape index (κ2) is 8.98. The zero-order valence-electron chi connectivity index (χ0n) is 12.8. The van der Waals surface area contributed by atoms with Gasteiger partial charge in [0.05, 0.1) is 19.9 Å². The lowest BCUT2D eigenvalue weighted by Crippen LogP contribution is -2.19. The van der Waals surface area contributed by atoms with Crippen LogP contribution in [-0.4, -0.2) is 19.2 Å². The molecule has 0 spiro atoms. The molecular weight excluding hydrogens is 368 g/mol. The van der Waals surface area contributed by atoms with E-state index >= 15 is 0 Å². The van der Waals surface area contributed by atoms with Crippen LogP contribution in [0.4, 0.5) is 0 Å². The Labute approximate surface area is 145 Å². The normalized spacial score (nSPS) is 11.5. The third kappa shape index (κ3) is 4.60. The molecule has 0 saturated carbocycles. The second-order valence-electron chi connectivity index (χ2n) is 4.66. The maximum Gasteiger partial charge on any atom is 0.161 e. The summed E-state index contributed by atoms with van der Waals surface area (Å²) in [7, 11) is 3.27. The van der Waals surface area contributed by atoms with Gasteiger partial charge in [-0.1, -0.05) is 22.0 Å². The van der Waals surface area contributed by atoms with Crippen molar-refractivity contribution in [3.05, 3.63) is 52.3 Å². The number of halogens is 2. The number of ether oxygens (including phenoxy) is 2. The Balaban J connectivity index is 0.00000242. The van der Waals surface area contributed by atoms with Crippen molar-refractivity contribution >= 4 is 28.3 Å². The Kier molecular flexibility index (Phi) is 7.65. The van der Waals surface area contributed by atoms with Gasteiger partial charge in [-0.2, -0.15) is 0 Å². The van der Waals surface area contributed by atoms with Crippen LogP contribution in [0.25, 0.3) is 0 Å². The summed E-state index contributed by atoms with van der Waals surface area (Å²) in [6, 6.07) is 9.99. The molecule has 1 atom stereocenters. The highest BCUT2D eigenvalue weighted by Gasteiger charge is 2.11. The lowest BCUT2D eigenvalue weighted by molar-refractivity contribution is 0.354. The van der Waals surface area contributed by atoms with E-state index in [1.807, 2.05) is 30.3 Å². The first kappa shape index (κ1) is 18.7. The van der Waals surface area contributed by atoms with Gasteiger partial charge in [0.15, 0.2) is 11.5 Å². The number of aromatic nitrogens is 1. The fraction of sp³-hybridized carbons (Fsp3) is 0.312. The predicted octanol–water partition coefficient (Wildman–Crippen LogP) is 4.13. The van der Waals surface area contributed by atoms with Crippen molar-refractivity contribution in [1.82, 2.24) is 10.3 Å². The van der Waals surface area contributed by atoms with E-state index in [1.54, 1.807) is 20.4 Å². The van der Waals surface area contributed by atoms with Gasteiger partial charge in [0.25, 0.3) is 0 Å². The van der Waals surface area contributed by atoms with E-state index in [0.29, 0.717) is 12.3 Å². The third-order valence-corrected chi connectivity index (χ3v) is 4.02. The zero-order chi connectivity index (χ0) is 15.2. The van der Waals surface area contributed by atoms with E-state index < -0.39 is 0 Å². The van der Waals surface area contributed by atoms with E-state index in [9.17, 15) is 0 Å². The first-order chi connectivity index (χ1) is 10.2. The number of hydrogen-bond acceptors (Lipinski definition) is 4. The molecule has 1 aromatic carbocycles. The average Bonchev–Trinajstić information content (AvgIpc) is 2.53. The molecule has 0 amide bonds. The molecule has 22 heavy (non-hydrogen) atoms. The number of hydrogen-bond donors (Lipinski definition) is 1. The number of benzene rings is 1. The van der Waals surface area contributed by atoms with Crippen LogP contribution in [0, 0.1) is 0 Å². The van der Waals surface area contributed by atoms with Gasteiger partial charge < -0.3 is 14.8 Å². The van der Waals surface area contributed by atoms with Crippen molar-refractivity contribution in [3.8, 4) is 11.5 Å². The van der Waals surface area contributed by atoms with Crippen LogP contribution >= 0.6 is 28.3 Å². The Morgan fingerprint density at radius 1 is 1.18 bits per heavy atom. The lowest BCUT2D eigenvalue weighted by atomic mass is 10.1. The largest absolute Gasteiger partial charge is 0.493 e. The summed E-state index contributed by atoms with van der Waals surface area (Å²) in [5.74, 6) is 1.44. The van der Waals surface area contributed by atoms with E-state index in [2.05, 4.69) is 33.2 Å². The molecule has 4 nitrogen and oxygen atoms in total. The minimum atomic E-state index is 0. The van der Waals surface area contributed by atoms with Crippen LogP contribution in [0.5, 0.6) is 11.5 Å². The molecule has 0 saturated heterocycles. The fourth-order valence-corrected chi connectivity index (χ4v) is 2.49. The quantitative estimate of drug-likeness (QED) is 0.809. The molecule has 6 heteroatoms. The molecular formula is C16H20BrClN2O2. The van der Waals surface area contributed by atoms with E-state index in [0.717, 1.165) is 21.5 Å². The number of rotatable bonds is 6. The van der Waals surface area contributed by atoms with Crippen LogP contribution in [0.2, 0.25) is 0 Å². The summed E-state index contributed by atoms with van der Waals surface area (Å²) >= 11 is 3.57. The first-order valence-corrected chi connectivity index (χ1v) is 7.49. The number of pyridine rings is 1. The van der Waals surface area contributed by atoms with Gasteiger partial charge in [0, 0.05) is 23.3 Å². The van der Waals surface area contributed by atoms with Crippen molar-refractivity contribution in [1.29, 1.82) is 0 Å². The third-order valence-electron chi connectivity index (χ3n) is 3.28. The van der Waals surface area contributed by atoms with Gasteiger partial charge in [-0.15, -0.1) is 12.4 Å². The van der Waals surface area contributed by atoms with Gasteiger partial charge in [-0.3, -0.25) is 4.98 Å². The van der Waals surface area contributed by atoms with Crippen molar-refractivity contribution in [2.45, 2.75) is 19.5 Å². The van der Waals surface area contributed by atoms with Crippen molar-refractivity contribution in [2.75, 3.05) is 14.2 Å². The van der Waals surface area contributed by atoms with Gasteiger partial charge >= 0.3 is 0 Å². The first-order valence-electron chi connectivity index (χ1n) is 6.70. The highest BCUT2D eigenvalue weighted by atomic mass is 79.9. The lowest BCUT2D eigenvalue weighted by Gasteiger charge is -2.16. The molecule has 2 aromatic rings. The van der Waals surface area contributed by atoms with Crippen molar-refractivity contribution in [2.24, 2.45) is 0 Å². The van der Waals surface area contributed by atoms with Crippen LogP contribution in [-0.2, 0) is 6.54 Å². The fourth-order valence-electron chi connectivity index (χ4n) is 2.03. The topological polar surface area (TPSA) is 43.4 Å². The molecule has 1 unspecified atom stereocenters. The van der Waals surface area contributed by atoms with Crippen molar-refractivity contribution < 1.29 is 9.47 Å². The molecule has 1 N–H and O–H groups in total. The molecule has 0 radical (unpaired) electrons. The van der Waals surface area contributed by atoms with Crippen LogP contribution in [0.1, 0.15) is 24.2 Å². The Bertz CT molecular complexity index is 596.